The third-order valence-corrected chi connectivity index (χ3v) is 8.50. The minimum absolute atomic E-state index is 0.0432. The summed E-state index contributed by atoms with van der Waals surface area (Å²) in [6.07, 6.45) is 1.69. The monoisotopic (exact) mass is 504 g/mol. The van der Waals surface area contributed by atoms with Gasteiger partial charge in [0.2, 0.25) is 10.0 Å². The second-order valence-corrected chi connectivity index (χ2v) is 10.6. The first-order valence-corrected chi connectivity index (χ1v) is 13.1. The molecule has 1 aromatic heterocycles. The zero-order valence-corrected chi connectivity index (χ0v) is 20.2. The molecule has 1 fully saturated rings. The lowest BCUT2D eigenvalue weighted by atomic mass is 10.2. The van der Waals surface area contributed by atoms with E-state index >= 15 is 0 Å². The van der Waals surface area contributed by atoms with Crippen molar-refractivity contribution in [3.63, 3.8) is 0 Å². The first kappa shape index (κ1) is 24.2. The summed E-state index contributed by atoms with van der Waals surface area (Å²) in [5.74, 6) is -0.531. The molecule has 4 rings (SSSR count). The Bertz CT molecular complexity index is 1390. The highest BCUT2D eigenvalue weighted by molar-refractivity contribution is 7.89. The maximum absolute atomic E-state index is 12.9. The number of thiazole rings is 1. The van der Waals surface area contributed by atoms with E-state index < -0.39 is 20.9 Å². The zero-order chi connectivity index (χ0) is 24.3. The maximum atomic E-state index is 12.9. The second-order valence-electron chi connectivity index (χ2n) is 7.69. The molecule has 0 saturated carbocycles. The van der Waals surface area contributed by atoms with Gasteiger partial charge in [-0.05, 0) is 50.1 Å². The first-order chi connectivity index (χ1) is 16.3. The van der Waals surface area contributed by atoms with Crippen LogP contribution < -0.4 is 4.80 Å². The van der Waals surface area contributed by atoms with Crippen molar-refractivity contribution in [1.29, 1.82) is 0 Å². The fourth-order valence-electron chi connectivity index (χ4n) is 3.78. The number of nitro groups is 1. The molecule has 0 N–H and O–H groups in total. The van der Waals surface area contributed by atoms with Gasteiger partial charge >= 0.3 is 0 Å². The molecular formula is C22H24N4O6S2. The van der Waals surface area contributed by atoms with E-state index in [2.05, 4.69) is 4.99 Å². The SMILES string of the molecule is CCOCCn1c(=NC(=O)c2ccc(S(=O)(=O)N3CCCC3)cc2)sc2cc([N+](=O)[O-])ccc21. The number of amides is 1. The molecule has 0 unspecified atom stereocenters. The van der Waals surface area contributed by atoms with Crippen LogP contribution in [0.3, 0.4) is 0 Å². The van der Waals surface area contributed by atoms with Crippen LogP contribution in [0.1, 0.15) is 30.1 Å². The highest BCUT2D eigenvalue weighted by Gasteiger charge is 2.27. The second kappa shape index (κ2) is 10.1. The maximum Gasteiger partial charge on any atom is 0.279 e. The normalized spacial score (nSPS) is 15.3. The van der Waals surface area contributed by atoms with Gasteiger partial charge < -0.3 is 9.30 Å². The minimum Gasteiger partial charge on any atom is -0.380 e. The van der Waals surface area contributed by atoms with Crippen LogP contribution in [0.4, 0.5) is 5.69 Å². The predicted molar refractivity (Wildman–Crippen MR) is 127 cm³/mol. The van der Waals surface area contributed by atoms with Crippen LogP contribution in [0.15, 0.2) is 52.4 Å². The highest BCUT2D eigenvalue weighted by atomic mass is 32.2. The van der Waals surface area contributed by atoms with Crippen LogP contribution in [0.2, 0.25) is 0 Å². The van der Waals surface area contributed by atoms with E-state index in [4.69, 9.17) is 4.74 Å². The molecule has 0 atom stereocenters. The Balaban J connectivity index is 1.67. The van der Waals surface area contributed by atoms with E-state index in [1.54, 1.807) is 10.6 Å². The molecule has 1 amide bonds. The van der Waals surface area contributed by atoms with Crippen molar-refractivity contribution in [3.8, 4) is 0 Å². The molecule has 3 aromatic rings. The number of non-ortho nitro benzene ring substituents is 1. The van der Waals surface area contributed by atoms with Crippen LogP contribution in [0.25, 0.3) is 10.2 Å². The number of nitro benzene ring substituents is 1. The quantitative estimate of drug-likeness (QED) is 0.264. The summed E-state index contributed by atoms with van der Waals surface area (Å²) in [6.45, 7) is 4.23. The third kappa shape index (κ3) is 4.94. The molecule has 0 bridgehead atoms. The summed E-state index contributed by atoms with van der Waals surface area (Å²) >= 11 is 1.17. The molecule has 0 radical (unpaired) electrons. The molecule has 12 heteroatoms. The Morgan fingerprint density at radius 3 is 2.53 bits per heavy atom. The lowest BCUT2D eigenvalue weighted by Gasteiger charge is -2.15. The summed E-state index contributed by atoms with van der Waals surface area (Å²) in [4.78, 5) is 28.4. The van der Waals surface area contributed by atoms with E-state index in [0.29, 0.717) is 47.9 Å². The van der Waals surface area contributed by atoms with Gasteiger partial charge in [0, 0.05) is 43.9 Å². The van der Waals surface area contributed by atoms with Crippen molar-refractivity contribution < 1.29 is 22.9 Å². The topological polar surface area (TPSA) is 124 Å². The van der Waals surface area contributed by atoms with Gasteiger partial charge in [0.25, 0.3) is 11.6 Å². The summed E-state index contributed by atoms with van der Waals surface area (Å²) in [6, 6.07) is 10.3. The Morgan fingerprint density at radius 2 is 1.88 bits per heavy atom. The number of sulfonamides is 1. The largest absolute Gasteiger partial charge is 0.380 e. The van der Waals surface area contributed by atoms with E-state index in [0.717, 1.165) is 12.8 Å². The number of ether oxygens (including phenoxy) is 1. The lowest BCUT2D eigenvalue weighted by Crippen LogP contribution is -2.27. The highest BCUT2D eigenvalue weighted by Crippen LogP contribution is 2.24. The fraction of sp³-hybridized carbons (Fsp3) is 0.364. The van der Waals surface area contributed by atoms with Crippen LogP contribution in [-0.4, -0.2) is 54.4 Å². The summed E-state index contributed by atoms with van der Waals surface area (Å²) in [5, 5.41) is 11.2. The smallest absolute Gasteiger partial charge is 0.279 e. The van der Waals surface area contributed by atoms with Gasteiger partial charge in [-0.25, -0.2) is 8.42 Å². The number of benzene rings is 2. The van der Waals surface area contributed by atoms with Crippen LogP contribution in [0.5, 0.6) is 0 Å². The molecule has 0 spiro atoms. The number of fused-ring (bicyclic) bond motifs is 1. The minimum atomic E-state index is -3.57. The molecule has 10 nitrogen and oxygen atoms in total. The molecule has 1 aliphatic heterocycles. The van der Waals surface area contributed by atoms with Crippen LogP contribution in [0, 0.1) is 10.1 Å². The average molecular weight is 505 g/mol. The van der Waals surface area contributed by atoms with Gasteiger partial charge in [0.1, 0.15) is 0 Å². The molecular weight excluding hydrogens is 480 g/mol. The standard InChI is InChI=1S/C22H24N4O6S2/c1-2-32-14-13-25-19-10-7-17(26(28)29)15-20(19)33-22(25)23-21(27)16-5-8-18(9-6-16)34(30,31)24-11-3-4-12-24/h5-10,15H,2-4,11-14H2,1H3. The first-order valence-electron chi connectivity index (χ1n) is 10.9. The predicted octanol–water partition coefficient (Wildman–Crippen LogP) is 3.17. The zero-order valence-electron chi connectivity index (χ0n) is 18.5. The van der Waals surface area contributed by atoms with E-state index in [1.807, 2.05) is 6.92 Å². The molecule has 1 aliphatic rings. The lowest BCUT2D eigenvalue weighted by molar-refractivity contribution is -0.384. The Hall–Kier alpha value is -2.93. The van der Waals surface area contributed by atoms with Gasteiger partial charge in [-0.3, -0.25) is 14.9 Å². The van der Waals surface area contributed by atoms with Gasteiger partial charge in [0.15, 0.2) is 4.80 Å². The van der Waals surface area contributed by atoms with Crippen molar-refractivity contribution >= 4 is 43.2 Å². The van der Waals surface area contributed by atoms with Gasteiger partial charge in [-0.2, -0.15) is 9.30 Å². The number of hydrogen-bond acceptors (Lipinski definition) is 7. The molecule has 2 heterocycles. The molecule has 180 valence electrons. The van der Waals surface area contributed by atoms with E-state index in [-0.39, 0.29) is 16.1 Å². The van der Waals surface area contributed by atoms with Crippen LogP contribution in [-0.2, 0) is 21.3 Å². The Labute approximate surface area is 200 Å². The molecule has 34 heavy (non-hydrogen) atoms. The Morgan fingerprint density at radius 1 is 1.18 bits per heavy atom. The number of nitrogens with zero attached hydrogens (tertiary/aromatic N) is 4. The van der Waals surface area contributed by atoms with Gasteiger partial charge in [-0.1, -0.05) is 11.3 Å². The molecule has 1 saturated heterocycles. The van der Waals surface area contributed by atoms with Gasteiger partial charge in [0.05, 0.1) is 26.6 Å². The molecule has 0 aliphatic carbocycles. The van der Waals surface area contributed by atoms with E-state index in [1.165, 1.54) is 52.0 Å². The van der Waals surface area contributed by atoms with Gasteiger partial charge in [-0.15, -0.1) is 0 Å². The van der Waals surface area contributed by atoms with Crippen molar-refractivity contribution in [2.24, 2.45) is 4.99 Å². The van der Waals surface area contributed by atoms with Crippen molar-refractivity contribution in [3.05, 3.63) is 62.9 Å². The van der Waals surface area contributed by atoms with Crippen LogP contribution >= 0.6 is 11.3 Å². The van der Waals surface area contributed by atoms with Crippen molar-refractivity contribution in [2.75, 3.05) is 26.3 Å². The summed E-state index contributed by atoms with van der Waals surface area (Å²) in [7, 11) is -3.57. The molecule has 2 aromatic carbocycles. The third-order valence-electron chi connectivity index (χ3n) is 5.54. The van der Waals surface area contributed by atoms with E-state index in [9.17, 15) is 23.3 Å². The average Bonchev–Trinajstić information content (AvgIpc) is 3.48. The number of rotatable bonds is 8. The van der Waals surface area contributed by atoms with Crippen molar-refractivity contribution in [2.45, 2.75) is 31.2 Å². The number of carbonyl (C=O) groups excluding carboxylic acids is 1. The number of aromatic nitrogens is 1. The summed E-state index contributed by atoms with van der Waals surface area (Å²) in [5.41, 5.74) is 0.924. The Kier molecular flexibility index (Phi) is 7.22. The summed E-state index contributed by atoms with van der Waals surface area (Å²) < 4.78 is 34.7. The number of carbonyl (C=O) groups is 1. The van der Waals surface area contributed by atoms with Crippen molar-refractivity contribution in [1.82, 2.24) is 8.87 Å². The fourth-order valence-corrected chi connectivity index (χ4v) is 6.38. The number of hydrogen-bond donors (Lipinski definition) is 0.